The quantitative estimate of drug-likeness (QED) is 0.405. The zero-order valence-corrected chi connectivity index (χ0v) is 18.6. The lowest BCUT2D eigenvalue weighted by atomic mass is 10.0. The van der Waals surface area contributed by atoms with Crippen molar-refractivity contribution >= 4 is 28.3 Å². The summed E-state index contributed by atoms with van der Waals surface area (Å²) in [7, 11) is 0. The van der Waals surface area contributed by atoms with Gasteiger partial charge in [-0.1, -0.05) is 6.07 Å². The molecule has 1 fully saturated rings. The van der Waals surface area contributed by atoms with E-state index in [1.807, 2.05) is 6.92 Å². The second kappa shape index (κ2) is 8.46. The topological polar surface area (TPSA) is 71.2 Å². The smallest absolute Gasteiger partial charge is 0.350 e. The Morgan fingerprint density at radius 3 is 2.47 bits per heavy atom. The van der Waals surface area contributed by atoms with Gasteiger partial charge in [0.05, 0.1) is 5.56 Å². The molecular weight excluding hydrogens is 477 g/mol. The van der Waals surface area contributed by atoms with Crippen LogP contribution in [0.15, 0.2) is 30.5 Å². The van der Waals surface area contributed by atoms with Crippen molar-refractivity contribution in [1.29, 1.82) is 0 Å². The third-order valence-corrected chi connectivity index (χ3v) is 6.48. The molecule has 0 amide bonds. The Hall–Kier alpha value is -3.35. The fourth-order valence-electron chi connectivity index (χ4n) is 3.89. The molecule has 7 nitrogen and oxygen atoms in total. The van der Waals surface area contributed by atoms with Crippen molar-refractivity contribution < 1.29 is 22.0 Å². The number of piperidine rings is 1. The van der Waals surface area contributed by atoms with E-state index in [0.29, 0.717) is 0 Å². The molecule has 1 N–H and O–H groups in total. The number of hydrogen-bond donors (Lipinski definition) is 1. The molecule has 13 heteroatoms. The minimum absolute atomic E-state index is 0.00395. The van der Waals surface area contributed by atoms with Crippen molar-refractivity contribution in [3.63, 3.8) is 0 Å². The number of benzene rings is 1. The number of alkyl halides is 3. The van der Waals surface area contributed by atoms with Gasteiger partial charge in [-0.05, 0) is 43.5 Å². The zero-order chi connectivity index (χ0) is 24.0. The lowest BCUT2D eigenvalue weighted by Crippen LogP contribution is -2.39. The minimum atomic E-state index is -4.66. The first kappa shape index (κ1) is 22.4. The molecule has 0 atom stereocenters. The van der Waals surface area contributed by atoms with Crippen molar-refractivity contribution in [3.8, 4) is 11.1 Å². The van der Waals surface area contributed by atoms with Crippen LogP contribution in [0.4, 0.5) is 33.0 Å². The molecule has 4 aromatic rings. The monoisotopic (exact) mass is 495 g/mol. The Bertz CT molecular complexity index is 1340. The first-order valence-corrected chi connectivity index (χ1v) is 11.2. The molecule has 1 saturated heterocycles. The van der Waals surface area contributed by atoms with E-state index in [2.05, 4.69) is 29.7 Å². The van der Waals surface area contributed by atoms with E-state index in [4.69, 9.17) is 0 Å². The van der Waals surface area contributed by atoms with E-state index >= 15 is 0 Å². The summed E-state index contributed by atoms with van der Waals surface area (Å²) in [4.78, 5) is 10.9. The Morgan fingerprint density at radius 1 is 1.06 bits per heavy atom. The van der Waals surface area contributed by atoms with Gasteiger partial charge in [0.15, 0.2) is 17.3 Å². The van der Waals surface area contributed by atoms with Gasteiger partial charge in [0, 0.05) is 42.4 Å². The number of nitrogens with one attached hydrogen (secondary N) is 1. The molecule has 0 spiro atoms. The summed E-state index contributed by atoms with van der Waals surface area (Å²) in [5.41, 5.74) is -0.814. The Labute approximate surface area is 194 Å². The Balaban J connectivity index is 1.42. The maximum Gasteiger partial charge on any atom is 0.417 e. The number of fused-ring (bicyclic) bond motifs is 1. The largest absolute Gasteiger partial charge is 0.417 e. The Morgan fingerprint density at radius 2 is 1.82 bits per heavy atom. The molecule has 34 heavy (non-hydrogen) atoms. The summed E-state index contributed by atoms with van der Waals surface area (Å²) < 4.78 is 72.9. The third-order valence-electron chi connectivity index (χ3n) is 5.61. The highest BCUT2D eigenvalue weighted by Gasteiger charge is 2.33. The second-order valence-electron chi connectivity index (χ2n) is 8.00. The van der Waals surface area contributed by atoms with Crippen molar-refractivity contribution in [2.45, 2.75) is 32.0 Å². The molecule has 1 aromatic carbocycles. The average Bonchev–Trinajstić information content (AvgIpc) is 3.40. The van der Waals surface area contributed by atoms with Crippen LogP contribution in [0.5, 0.6) is 0 Å². The van der Waals surface area contributed by atoms with E-state index in [9.17, 15) is 22.0 Å². The van der Waals surface area contributed by atoms with Gasteiger partial charge in [-0.25, -0.2) is 18.3 Å². The van der Waals surface area contributed by atoms with Gasteiger partial charge >= 0.3 is 6.18 Å². The second-order valence-corrected chi connectivity index (χ2v) is 8.73. The molecule has 1 aliphatic heterocycles. The van der Waals surface area contributed by atoms with E-state index in [-0.39, 0.29) is 28.8 Å². The van der Waals surface area contributed by atoms with E-state index in [0.717, 1.165) is 65.8 Å². The number of anilines is 2. The van der Waals surface area contributed by atoms with Crippen molar-refractivity contribution in [2.24, 2.45) is 0 Å². The fraction of sp³-hybridized carbons (Fsp3) is 0.333. The molecule has 0 saturated carbocycles. The highest BCUT2D eigenvalue weighted by molar-refractivity contribution is 7.09. The van der Waals surface area contributed by atoms with Crippen LogP contribution in [0.3, 0.4) is 0 Å². The van der Waals surface area contributed by atoms with Crippen LogP contribution in [-0.2, 0) is 6.18 Å². The Kier molecular flexibility index (Phi) is 5.58. The van der Waals surface area contributed by atoms with Crippen LogP contribution in [0.1, 0.15) is 24.2 Å². The van der Waals surface area contributed by atoms with Crippen molar-refractivity contribution in [2.75, 3.05) is 23.3 Å². The van der Waals surface area contributed by atoms with E-state index in [1.165, 1.54) is 17.6 Å². The number of hydrogen-bond acceptors (Lipinski definition) is 7. The van der Waals surface area contributed by atoms with Crippen LogP contribution < -0.4 is 10.2 Å². The van der Waals surface area contributed by atoms with Crippen LogP contribution in [0.25, 0.3) is 16.8 Å². The predicted octanol–water partition coefficient (Wildman–Crippen LogP) is 4.93. The maximum absolute atomic E-state index is 13.8. The van der Waals surface area contributed by atoms with Gasteiger partial charge in [0.2, 0.25) is 11.1 Å². The SMILES string of the molecule is Cc1nsc(N2CCC(Nc3nc4c(-c5ccc(F)c(F)c5)cc(C(F)(F)F)cn4n3)CC2)n1. The summed E-state index contributed by atoms with van der Waals surface area (Å²) in [5, 5.41) is 8.23. The highest BCUT2D eigenvalue weighted by Crippen LogP contribution is 2.35. The molecule has 0 bridgehead atoms. The number of rotatable bonds is 4. The average molecular weight is 495 g/mol. The van der Waals surface area contributed by atoms with E-state index < -0.39 is 23.4 Å². The highest BCUT2D eigenvalue weighted by atomic mass is 32.1. The standard InChI is InChI=1S/C21H18F5N7S/c1-11-27-20(34-31-11)32-6-4-14(5-7-32)28-19-29-18-15(12-2-3-16(22)17(23)8-12)9-13(21(24,25)26)10-33(18)30-19/h2-3,8-10,14H,4-7H2,1H3,(H,28,30). The van der Waals surface area contributed by atoms with Crippen LogP contribution >= 0.6 is 11.5 Å². The first-order valence-electron chi connectivity index (χ1n) is 10.4. The normalized spacial score (nSPS) is 15.3. The predicted molar refractivity (Wildman–Crippen MR) is 117 cm³/mol. The molecule has 4 heterocycles. The molecule has 0 radical (unpaired) electrons. The van der Waals surface area contributed by atoms with Gasteiger partial charge in [0.1, 0.15) is 5.82 Å². The number of aryl methyl sites for hydroxylation is 1. The van der Waals surface area contributed by atoms with Gasteiger partial charge < -0.3 is 10.2 Å². The molecule has 0 unspecified atom stereocenters. The summed E-state index contributed by atoms with van der Waals surface area (Å²) in [6.45, 7) is 3.30. The molecule has 0 aliphatic carbocycles. The zero-order valence-electron chi connectivity index (χ0n) is 17.8. The number of pyridine rings is 1. The summed E-state index contributed by atoms with van der Waals surface area (Å²) >= 11 is 1.34. The summed E-state index contributed by atoms with van der Waals surface area (Å²) in [6.07, 6.45) is -2.33. The van der Waals surface area contributed by atoms with Crippen molar-refractivity contribution in [3.05, 3.63) is 53.5 Å². The molecule has 5 rings (SSSR count). The molecule has 3 aromatic heterocycles. The third kappa shape index (κ3) is 4.39. The van der Waals surface area contributed by atoms with Crippen LogP contribution in [-0.4, -0.2) is 43.1 Å². The molecule has 178 valence electrons. The summed E-state index contributed by atoms with van der Waals surface area (Å²) in [6, 6.07) is 3.79. The number of aromatic nitrogens is 5. The maximum atomic E-state index is 13.8. The minimum Gasteiger partial charge on any atom is -0.350 e. The first-order chi connectivity index (χ1) is 16.2. The van der Waals surface area contributed by atoms with Crippen molar-refractivity contribution in [1.82, 2.24) is 24.0 Å². The lowest BCUT2D eigenvalue weighted by Gasteiger charge is -2.31. The number of halogens is 5. The van der Waals surface area contributed by atoms with Gasteiger partial charge in [-0.3, -0.25) is 0 Å². The van der Waals surface area contributed by atoms with Gasteiger partial charge in [-0.15, -0.1) is 5.10 Å². The van der Waals surface area contributed by atoms with Crippen LogP contribution in [0, 0.1) is 18.6 Å². The fourth-order valence-corrected chi connectivity index (χ4v) is 4.62. The van der Waals surface area contributed by atoms with Crippen LogP contribution in [0.2, 0.25) is 0 Å². The lowest BCUT2D eigenvalue weighted by molar-refractivity contribution is -0.137. The van der Waals surface area contributed by atoms with Gasteiger partial charge in [-0.2, -0.15) is 22.5 Å². The molecular formula is C21H18F5N7S. The van der Waals surface area contributed by atoms with Gasteiger partial charge in [0.25, 0.3) is 0 Å². The number of nitrogens with zero attached hydrogens (tertiary/aromatic N) is 6. The summed E-state index contributed by atoms with van der Waals surface area (Å²) in [5.74, 6) is -1.37. The van der Waals surface area contributed by atoms with E-state index in [1.54, 1.807) is 0 Å². The molecule has 1 aliphatic rings.